The van der Waals surface area contributed by atoms with Crippen molar-refractivity contribution in [3.05, 3.63) is 146 Å². The first-order valence-corrected chi connectivity index (χ1v) is 15.3. The molecule has 0 aliphatic carbocycles. The van der Waals surface area contributed by atoms with Gasteiger partial charge in [-0.2, -0.15) is 0 Å². The van der Waals surface area contributed by atoms with Crippen molar-refractivity contribution in [2.24, 2.45) is 0 Å². The van der Waals surface area contributed by atoms with E-state index in [1.54, 1.807) is 12.4 Å². The Morgan fingerprint density at radius 2 is 1.27 bits per heavy atom. The van der Waals surface area contributed by atoms with Crippen LogP contribution in [0.3, 0.4) is 0 Å². The molecular formula is C40H22N6OPt. The Hall–Kier alpha value is -5.91. The van der Waals surface area contributed by atoms with Gasteiger partial charge < -0.3 is 13.5 Å². The maximum Gasteiger partial charge on any atom is 2.00 e. The van der Waals surface area contributed by atoms with E-state index in [4.69, 9.17) is 14.7 Å². The van der Waals surface area contributed by atoms with Crippen molar-refractivity contribution in [2.75, 3.05) is 0 Å². The normalized spacial score (nSPS) is 11.6. The number of pyridine rings is 4. The zero-order valence-corrected chi connectivity index (χ0v) is 27.4. The van der Waals surface area contributed by atoms with Crippen molar-refractivity contribution < 1.29 is 25.8 Å². The minimum Gasteiger partial charge on any atom is -0.497 e. The molecule has 48 heavy (non-hydrogen) atoms. The predicted molar refractivity (Wildman–Crippen MR) is 185 cm³/mol. The molecule has 6 heterocycles. The number of hydrogen-bond acceptors (Lipinski definition) is 5. The average Bonchev–Trinajstić information content (AvgIpc) is 3.82. The number of fused-ring (bicyclic) bond motifs is 12. The molecule has 228 valence electrons. The minimum atomic E-state index is 0. The number of rotatable bonds is 4. The van der Waals surface area contributed by atoms with Gasteiger partial charge in [-0.1, -0.05) is 113 Å². The van der Waals surface area contributed by atoms with Gasteiger partial charge >= 0.3 is 21.1 Å². The first-order chi connectivity index (χ1) is 23.3. The van der Waals surface area contributed by atoms with Gasteiger partial charge in [-0.25, -0.2) is 4.98 Å². The zero-order valence-electron chi connectivity index (χ0n) is 25.1. The van der Waals surface area contributed by atoms with Crippen LogP contribution < -0.4 is 4.74 Å². The summed E-state index contributed by atoms with van der Waals surface area (Å²) in [6.07, 6.45) is 7.45. The number of benzene rings is 4. The van der Waals surface area contributed by atoms with Gasteiger partial charge in [-0.15, -0.1) is 12.1 Å². The van der Waals surface area contributed by atoms with E-state index in [-0.39, 0.29) is 21.1 Å². The second kappa shape index (κ2) is 11.1. The summed E-state index contributed by atoms with van der Waals surface area (Å²) in [6.45, 7) is 0. The average molecular weight is 798 g/mol. The Labute approximate surface area is 288 Å². The number of aromatic nitrogens is 6. The van der Waals surface area contributed by atoms with Gasteiger partial charge in [0.25, 0.3) is 0 Å². The summed E-state index contributed by atoms with van der Waals surface area (Å²) in [7, 11) is 0. The summed E-state index contributed by atoms with van der Waals surface area (Å²) in [6, 6.07) is 43.7. The molecule has 0 saturated carbocycles. The second-order valence-corrected chi connectivity index (χ2v) is 11.4. The molecule has 0 radical (unpaired) electrons. The minimum absolute atomic E-state index is 0. The summed E-state index contributed by atoms with van der Waals surface area (Å²) < 4.78 is 10.6. The van der Waals surface area contributed by atoms with E-state index >= 15 is 0 Å². The molecule has 0 amide bonds. The van der Waals surface area contributed by atoms with Crippen molar-refractivity contribution in [3.8, 4) is 34.0 Å². The SMILES string of the molecule is [Pt+2].[c-]1c(Oc2[c-]c3c(cc2)c2ccc(-c4ccccc4)nc2n2c(-c4ccccc4)cnc32)ccc2c1c1nccn1c1cccnc21. The van der Waals surface area contributed by atoms with Crippen LogP contribution in [0.4, 0.5) is 0 Å². The molecule has 0 atom stereocenters. The van der Waals surface area contributed by atoms with Crippen LogP contribution in [-0.4, -0.2) is 28.7 Å². The zero-order chi connectivity index (χ0) is 30.9. The number of ether oxygens (including phenoxy) is 1. The van der Waals surface area contributed by atoms with Gasteiger partial charge in [0.2, 0.25) is 0 Å². The van der Waals surface area contributed by atoms with E-state index in [0.717, 1.165) is 77.4 Å². The molecule has 10 aromatic rings. The summed E-state index contributed by atoms with van der Waals surface area (Å²) >= 11 is 0. The first kappa shape index (κ1) is 28.3. The maximum atomic E-state index is 6.44. The molecule has 6 aromatic heterocycles. The number of nitrogens with zero attached hydrogens (tertiary/aromatic N) is 6. The molecule has 7 nitrogen and oxygen atoms in total. The van der Waals surface area contributed by atoms with Gasteiger partial charge in [-0.3, -0.25) is 15.0 Å². The molecular weight excluding hydrogens is 776 g/mol. The van der Waals surface area contributed by atoms with Crippen LogP contribution in [-0.2, 0) is 21.1 Å². The molecule has 0 fully saturated rings. The van der Waals surface area contributed by atoms with Crippen molar-refractivity contribution in [1.29, 1.82) is 0 Å². The summed E-state index contributed by atoms with van der Waals surface area (Å²) in [5.41, 5.74) is 8.24. The second-order valence-electron chi connectivity index (χ2n) is 11.4. The molecule has 0 unspecified atom stereocenters. The van der Waals surface area contributed by atoms with Gasteiger partial charge in [0.05, 0.1) is 33.7 Å². The summed E-state index contributed by atoms with van der Waals surface area (Å²) in [4.78, 5) is 19.4. The predicted octanol–water partition coefficient (Wildman–Crippen LogP) is 9.11. The molecule has 4 aromatic carbocycles. The molecule has 0 aliphatic heterocycles. The fraction of sp³-hybridized carbons (Fsp3) is 0. The largest absolute Gasteiger partial charge is 2.00 e. The van der Waals surface area contributed by atoms with Crippen LogP contribution in [0.25, 0.3) is 77.4 Å². The van der Waals surface area contributed by atoms with Crippen LogP contribution >= 0.6 is 0 Å². The van der Waals surface area contributed by atoms with E-state index < -0.39 is 0 Å². The van der Waals surface area contributed by atoms with Gasteiger partial charge in [-0.05, 0) is 29.1 Å². The van der Waals surface area contributed by atoms with Crippen LogP contribution in [0.15, 0.2) is 134 Å². The maximum absolute atomic E-state index is 6.44. The number of hydrogen-bond donors (Lipinski definition) is 0. The Bertz CT molecular complexity index is 2830. The van der Waals surface area contributed by atoms with Crippen molar-refractivity contribution in [2.45, 2.75) is 0 Å². The van der Waals surface area contributed by atoms with Crippen molar-refractivity contribution in [3.63, 3.8) is 0 Å². The van der Waals surface area contributed by atoms with E-state index in [2.05, 4.69) is 69.0 Å². The Balaban J connectivity index is 0.00000314. The van der Waals surface area contributed by atoms with E-state index in [1.807, 2.05) is 83.5 Å². The van der Waals surface area contributed by atoms with Crippen LogP contribution in [0.1, 0.15) is 0 Å². The van der Waals surface area contributed by atoms with Gasteiger partial charge in [0, 0.05) is 41.8 Å². The summed E-state index contributed by atoms with van der Waals surface area (Å²) in [5.74, 6) is 1.12. The molecule has 8 heteroatoms. The summed E-state index contributed by atoms with van der Waals surface area (Å²) in [5, 5.41) is 4.65. The standard InChI is InChI=1S/C40H22N6O.Pt/c1-3-8-25(9-4-1)34-18-17-31-29-15-13-27(22-32(29)39-43-24-36(46(39)40(31)44-34)26-10-5-2-6-11-26)47-28-14-16-30-33(23-28)38-42-20-21-45(38)35-12-7-19-41-37(30)35;/h1-21,24H;/q-2;+2. The van der Waals surface area contributed by atoms with E-state index in [0.29, 0.717) is 11.5 Å². The quantitative estimate of drug-likeness (QED) is 0.131. The monoisotopic (exact) mass is 797 g/mol. The van der Waals surface area contributed by atoms with Gasteiger partial charge in [0.1, 0.15) is 5.65 Å². The molecule has 0 saturated heterocycles. The molecule has 0 N–H and O–H groups in total. The van der Waals surface area contributed by atoms with E-state index in [1.165, 1.54) is 0 Å². The molecule has 0 aliphatic rings. The fourth-order valence-electron chi connectivity index (χ4n) is 6.60. The molecule has 10 rings (SSSR count). The number of imidazole rings is 2. The first-order valence-electron chi connectivity index (χ1n) is 15.3. The third-order valence-corrected chi connectivity index (χ3v) is 8.72. The van der Waals surface area contributed by atoms with Crippen LogP contribution in [0.5, 0.6) is 11.5 Å². The fourth-order valence-corrected chi connectivity index (χ4v) is 6.60. The molecule has 0 spiro atoms. The Morgan fingerprint density at radius 3 is 2.06 bits per heavy atom. The Kier molecular flexibility index (Phi) is 6.56. The Morgan fingerprint density at radius 1 is 0.562 bits per heavy atom. The third kappa shape index (κ3) is 4.32. The van der Waals surface area contributed by atoms with Crippen LogP contribution in [0.2, 0.25) is 0 Å². The topological polar surface area (TPSA) is 69.6 Å². The molecule has 0 bridgehead atoms. The van der Waals surface area contributed by atoms with Crippen LogP contribution in [0, 0.1) is 12.1 Å². The smallest absolute Gasteiger partial charge is 0.497 e. The van der Waals surface area contributed by atoms with E-state index in [9.17, 15) is 0 Å². The third-order valence-electron chi connectivity index (χ3n) is 8.72. The van der Waals surface area contributed by atoms with Crippen molar-refractivity contribution >= 4 is 54.9 Å². The van der Waals surface area contributed by atoms with Crippen molar-refractivity contribution in [1.82, 2.24) is 28.7 Å². The van der Waals surface area contributed by atoms with Gasteiger partial charge in [0.15, 0.2) is 0 Å².